The molecule has 138 valence electrons. The van der Waals surface area contributed by atoms with Crippen molar-refractivity contribution in [3.05, 3.63) is 76.4 Å². The van der Waals surface area contributed by atoms with Gasteiger partial charge in [0.2, 0.25) is 11.6 Å². The molecule has 0 saturated heterocycles. The normalized spacial score (nSPS) is 13.7. The molecule has 3 aromatic carbocycles. The van der Waals surface area contributed by atoms with E-state index in [4.69, 9.17) is 14.6 Å². The number of hydrogen-bond donors (Lipinski definition) is 0. The summed E-state index contributed by atoms with van der Waals surface area (Å²) in [6, 6.07) is 20.5. The Morgan fingerprint density at radius 3 is 2.79 bits per heavy atom. The van der Waals surface area contributed by atoms with Crippen LogP contribution in [0.4, 0.5) is 0 Å². The summed E-state index contributed by atoms with van der Waals surface area (Å²) in [6.45, 7) is 0.263. The Morgan fingerprint density at radius 2 is 1.86 bits per heavy atom. The molecule has 0 spiro atoms. The van der Waals surface area contributed by atoms with Crippen molar-refractivity contribution in [1.29, 1.82) is 0 Å². The molecular weight excluding hydrogens is 370 g/mol. The third kappa shape index (κ3) is 2.88. The molecule has 0 unspecified atom stereocenters. The smallest absolute Gasteiger partial charge is 0.231 e. The third-order valence-electron chi connectivity index (χ3n) is 4.66. The fraction of sp³-hybridized carbons (Fsp3) is 0.0909. The number of aromatic nitrogens is 1. The zero-order valence-electron chi connectivity index (χ0n) is 15.2. The van der Waals surface area contributed by atoms with Gasteiger partial charge in [-0.25, -0.2) is 4.68 Å². The van der Waals surface area contributed by atoms with Crippen molar-refractivity contribution in [3.63, 3.8) is 0 Å². The van der Waals surface area contributed by atoms with E-state index in [0.717, 1.165) is 33.1 Å². The average molecular weight is 387 g/mol. The number of rotatable bonds is 3. The number of ether oxygens (including phenoxy) is 2. The molecule has 0 N–H and O–H groups in total. The van der Waals surface area contributed by atoms with Crippen LogP contribution >= 0.6 is 11.3 Å². The lowest BCUT2D eigenvalue weighted by atomic mass is 10.0. The minimum Gasteiger partial charge on any atom is -0.454 e. The Hall–Kier alpha value is -3.38. The van der Waals surface area contributed by atoms with Gasteiger partial charge in [-0.1, -0.05) is 42.5 Å². The van der Waals surface area contributed by atoms with Crippen molar-refractivity contribution in [2.45, 2.75) is 0 Å². The largest absolute Gasteiger partial charge is 0.454 e. The van der Waals surface area contributed by atoms with E-state index in [9.17, 15) is 0 Å². The average Bonchev–Trinajstić information content (AvgIpc) is 3.37. The van der Waals surface area contributed by atoms with Gasteiger partial charge in [0.15, 0.2) is 11.5 Å². The van der Waals surface area contributed by atoms with Gasteiger partial charge >= 0.3 is 0 Å². The Labute approximate surface area is 165 Å². The van der Waals surface area contributed by atoms with Crippen LogP contribution in [0.15, 0.2) is 76.1 Å². The van der Waals surface area contributed by atoms with Crippen molar-refractivity contribution in [2.75, 3.05) is 13.8 Å². The maximum Gasteiger partial charge on any atom is 0.231 e. The van der Waals surface area contributed by atoms with Gasteiger partial charge in [-0.3, -0.25) is 4.99 Å². The second kappa shape index (κ2) is 6.98. The van der Waals surface area contributed by atoms with Crippen molar-refractivity contribution in [1.82, 2.24) is 4.68 Å². The molecule has 28 heavy (non-hydrogen) atoms. The van der Waals surface area contributed by atoms with E-state index in [2.05, 4.69) is 52.8 Å². The van der Waals surface area contributed by atoms with Gasteiger partial charge in [-0.2, -0.15) is 5.10 Å². The maximum atomic E-state index is 5.46. The number of nitrogens with zero attached hydrogens (tertiary/aromatic N) is 3. The topological polar surface area (TPSA) is 48.1 Å². The molecule has 1 aliphatic rings. The highest BCUT2D eigenvalue weighted by Crippen LogP contribution is 2.32. The first-order chi connectivity index (χ1) is 13.8. The quantitative estimate of drug-likeness (QED) is 0.486. The van der Waals surface area contributed by atoms with Crippen LogP contribution in [0.25, 0.3) is 22.0 Å². The SMILES string of the molecule is CN=c1scc(-c2cccc3ccccc23)n1N=Cc1ccc2c(c1)OCO2. The molecule has 6 heteroatoms. The predicted octanol–water partition coefficient (Wildman–Crippen LogP) is 4.51. The number of hydrogen-bond acceptors (Lipinski definition) is 5. The molecule has 1 aromatic heterocycles. The van der Waals surface area contributed by atoms with Crippen LogP contribution in [0.5, 0.6) is 11.5 Å². The molecule has 0 bridgehead atoms. The summed E-state index contributed by atoms with van der Waals surface area (Å²) in [6.07, 6.45) is 1.82. The van der Waals surface area contributed by atoms with E-state index in [1.54, 1.807) is 18.4 Å². The van der Waals surface area contributed by atoms with E-state index in [1.165, 1.54) is 10.8 Å². The van der Waals surface area contributed by atoms with Gasteiger partial charge in [0.25, 0.3) is 0 Å². The molecule has 4 aromatic rings. The highest BCUT2D eigenvalue weighted by Gasteiger charge is 2.13. The summed E-state index contributed by atoms with van der Waals surface area (Å²) >= 11 is 1.57. The lowest BCUT2D eigenvalue weighted by Gasteiger charge is -2.07. The van der Waals surface area contributed by atoms with Crippen LogP contribution in [-0.4, -0.2) is 24.7 Å². The summed E-state index contributed by atoms with van der Waals surface area (Å²) in [7, 11) is 1.78. The molecule has 0 fully saturated rings. The monoisotopic (exact) mass is 387 g/mol. The highest BCUT2D eigenvalue weighted by atomic mass is 32.1. The van der Waals surface area contributed by atoms with Crippen molar-refractivity contribution in [2.24, 2.45) is 10.1 Å². The number of thiazole rings is 1. The third-order valence-corrected chi connectivity index (χ3v) is 5.57. The Kier molecular flexibility index (Phi) is 4.18. The van der Waals surface area contributed by atoms with E-state index < -0.39 is 0 Å². The van der Waals surface area contributed by atoms with Gasteiger partial charge < -0.3 is 9.47 Å². The molecule has 5 nitrogen and oxygen atoms in total. The Morgan fingerprint density at radius 1 is 1.00 bits per heavy atom. The van der Waals surface area contributed by atoms with Crippen LogP contribution in [-0.2, 0) is 0 Å². The van der Waals surface area contributed by atoms with Crippen molar-refractivity contribution in [3.8, 4) is 22.8 Å². The Balaban J connectivity index is 1.61. The van der Waals surface area contributed by atoms with Crippen LogP contribution in [0.3, 0.4) is 0 Å². The Bertz CT molecular complexity index is 1270. The molecule has 0 aliphatic carbocycles. The number of fused-ring (bicyclic) bond motifs is 2. The van der Waals surface area contributed by atoms with Crippen LogP contribution in [0, 0.1) is 0 Å². The lowest BCUT2D eigenvalue weighted by molar-refractivity contribution is 0.174. The summed E-state index contributed by atoms with van der Waals surface area (Å²) < 4.78 is 12.7. The van der Waals surface area contributed by atoms with Crippen LogP contribution < -0.4 is 14.3 Å². The van der Waals surface area contributed by atoms with E-state index >= 15 is 0 Å². The van der Waals surface area contributed by atoms with E-state index in [0.29, 0.717) is 0 Å². The first kappa shape index (κ1) is 16.8. The van der Waals surface area contributed by atoms with Gasteiger partial charge in [0.05, 0.1) is 11.9 Å². The second-order valence-corrected chi connectivity index (χ2v) is 7.16. The van der Waals surface area contributed by atoms with Crippen LogP contribution in [0.1, 0.15) is 5.56 Å². The van der Waals surface area contributed by atoms with Gasteiger partial charge in [0, 0.05) is 18.0 Å². The fourth-order valence-electron chi connectivity index (χ4n) is 3.31. The summed E-state index contributed by atoms with van der Waals surface area (Å²) in [5.41, 5.74) is 3.08. The summed E-state index contributed by atoms with van der Waals surface area (Å²) in [5.74, 6) is 1.51. The second-order valence-electron chi connectivity index (χ2n) is 6.32. The van der Waals surface area contributed by atoms with E-state index in [1.807, 2.05) is 29.1 Å². The first-order valence-electron chi connectivity index (χ1n) is 8.89. The van der Waals surface area contributed by atoms with Crippen molar-refractivity contribution < 1.29 is 9.47 Å². The van der Waals surface area contributed by atoms with Gasteiger partial charge in [0.1, 0.15) is 0 Å². The summed E-state index contributed by atoms with van der Waals surface area (Å²) in [4.78, 5) is 5.22. The molecule has 1 aliphatic heterocycles. The molecule has 0 radical (unpaired) electrons. The predicted molar refractivity (Wildman–Crippen MR) is 112 cm³/mol. The van der Waals surface area contributed by atoms with Gasteiger partial charge in [-0.05, 0) is 34.5 Å². The molecule has 0 saturated carbocycles. The summed E-state index contributed by atoms with van der Waals surface area (Å²) in [5, 5.41) is 9.22. The zero-order valence-corrected chi connectivity index (χ0v) is 16.0. The molecule has 2 heterocycles. The maximum absolute atomic E-state index is 5.46. The molecule has 0 amide bonds. The van der Waals surface area contributed by atoms with Crippen molar-refractivity contribution >= 4 is 28.3 Å². The number of benzene rings is 3. The van der Waals surface area contributed by atoms with Gasteiger partial charge in [-0.15, -0.1) is 11.3 Å². The molecular formula is C22H17N3O2S. The fourth-order valence-corrected chi connectivity index (χ4v) is 4.11. The first-order valence-corrected chi connectivity index (χ1v) is 9.77. The molecule has 5 rings (SSSR count). The lowest BCUT2D eigenvalue weighted by Crippen LogP contribution is -2.11. The van der Waals surface area contributed by atoms with Crippen LogP contribution in [0.2, 0.25) is 0 Å². The van der Waals surface area contributed by atoms with E-state index in [-0.39, 0.29) is 6.79 Å². The minimum atomic E-state index is 0.263. The standard InChI is InChI=1S/C22H17N3O2S/c1-23-22-25(24-12-15-9-10-20-21(11-15)27-14-26-20)19(13-28-22)18-8-4-6-16-5-2-3-7-17(16)18/h2-13H,14H2,1H3. The minimum absolute atomic E-state index is 0.263. The highest BCUT2D eigenvalue weighted by molar-refractivity contribution is 7.07. The zero-order chi connectivity index (χ0) is 18.9. The molecule has 0 atom stereocenters.